The number of carbonyl (C=O) groups is 2. The first-order valence-electron chi connectivity index (χ1n) is 5.20. The fourth-order valence-electron chi connectivity index (χ4n) is 1.26. The molecule has 0 radical (unpaired) electrons. The number of benzene rings is 1. The van der Waals surface area contributed by atoms with Crippen molar-refractivity contribution in [3.05, 3.63) is 35.6 Å². The summed E-state index contributed by atoms with van der Waals surface area (Å²) < 4.78 is 17.0. The van der Waals surface area contributed by atoms with Crippen LogP contribution in [0, 0.1) is 5.82 Å². The molecule has 92 valence electrons. The van der Waals surface area contributed by atoms with Crippen molar-refractivity contribution in [2.75, 3.05) is 13.7 Å². The van der Waals surface area contributed by atoms with Crippen molar-refractivity contribution in [2.45, 2.75) is 12.8 Å². The van der Waals surface area contributed by atoms with Crippen LogP contribution < -0.4 is 5.32 Å². The molecule has 0 bridgehead atoms. The predicted molar refractivity (Wildman–Crippen MR) is 59.7 cm³/mol. The molecule has 0 fully saturated rings. The first-order valence-corrected chi connectivity index (χ1v) is 5.20. The van der Waals surface area contributed by atoms with Crippen LogP contribution in [0.3, 0.4) is 0 Å². The third kappa shape index (κ3) is 5.10. The summed E-state index contributed by atoms with van der Waals surface area (Å²) in [5.74, 6) is -1.23. The number of carbonyl (C=O) groups excluding carboxylic acids is 2. The van der Waals surface area contributed by atoms with Gasteiger partial charge in [-0.15, -0.1) is 0 Å². The largest absolute Gasteiger partial charge is 0.469 e. The number of halogens is 1. The summed E-state index contributed by atoms with van der Waals surface area (Å²) in [6.07, 6.45) is 0.313. The molecule has 5 heteroatoms. The standard InChI is InChI=1S/C12H14FNO3/c1-17-12(16)8-11(15)14-7-6-9-2-4-10(13)5-3-9/h2-5H,6-8H2,1H3,(H,14,15). The van der Waals surface area contributed by atoms with E-state index >= 15 is 0 Å². The van der Waals surface area contributed by atoms with Gasteiger partial charge in [-0.1, -0.05) is 12.1 Å². The molecule has 0 saturated carbocycles. The van der Waals surface area contributed by atoms with Crippen molar-refractivity contribution in [1.29, 1.82) is 0 Å². The number of nitrogens with one attached hydrogen (secondary N) is 1. The maximum Gasteiger partial charge on any atom is 0.315 e. The monoisotopic (exact) mass is 239 g/mol. The SMILES string of the molecule is COC(=O)CC(=O)NCCc1ccc(F)cc1. The quantitative estimate of drug-likeness (QED) is 0.617. The number of rotatable bonds is 5. The van der Waals surface area contributed by atoms with Gasteiger partial charge in [0, 0.05) is 6.54 Å². The zero-order valence-corrected chi connectivity index (χ0v) is 9.53. The summed E-state index contributed by atoms with van der Waals surface area (Å²) in [7, 11) is 1.23. The summed E-state index contributed by atoms with van der Waals surface area (Å²) in [4.78, 5) is 22.0. The van der Waals surface area contributed by atoms with Gasteiger partial charge in [0.05, 0.1) is 7.11 Å². The highest BCUT2D eigenvalue weighted by Gasteiger charge is 2.08. The van der Waals surface area contributed by atoms with Crippen LogP contribution in [-0.4, -0.2) is 25.5 Å². The summed E-state index contributed by atoms with van der Waals surface area (Å²) in [6.45, 7) is 0.404. The Labute approximate surface area is 98.8 Å². The summed E-state index contributed by atoms with van der Waals surface area (Å²) in [6, 6.07) is 6.04. The lowest BCUT2D eigenvalue weighted by atomic mass is 10.1. The fraction of sp³-hybridized carbons (Fsp3) is 0.333. The normalized spacial score (nSPS) is 9.76. The Morgan fingerprint density at radius 1 is 1.29 bits per heavy atom. The molecule has 0 aromatic heterocycles. The number of amides is 1. The average molecular weight is 239 g/mol. The highest BCUT2D eigenvalue weighted by atomic mass is 19.1. The number of hydrogen-bond donors (Lipinski definition) is 1. The van der Waals surface area contributed by atoms with Gasteiger partial charge in [-0.3, -0.25) is 9.59 Å². The van der Waals surface area contributed by atoms with Crippen LogP contribution in [0.25, 0.3) is 0 Å². The summed E-state index contributed by atoms with van der Waals surface area (Å²) in [5.41, 5.74) is 0.921. The van der Waals surface area contributed by atoms with Gasteiger partial charge >= 0.3 is 5.97 Å². The van der Waals surface area contributed by atoms with E-state index in [0.717, 1.165) is 5.56 Å². The van der Waals surface area contributed by atoms with E-state index in [1.807, 2.05) is 0 Å². The van der Waals surface area contributed by atoms with Crippen molar-refractivity contribution >= 4 is 11.9 Å². The van der Waals surface area contributed by atoms with E-state index < -0.39 is 5.97 Å². The van der Waals surface area contributed by atoms with Gasteiger partial charge in [0.1, 0.15) is 12.2 Å². The number of hydrogen-bond acceptors (Lipinski definition) is 3. The first-order chi connectivity index (χ1) is 8.11. The second-order valence-corrected chi connectivity index (χ2v) is 3.48. The van der Waals surface area contributed by atoms with Gasteiger partial charge in [0.25, 0.3) is 0 Å². The Morgan fingerprint density at radius 2 is 1.94 bits per heavy atom. The number of ether oxygens (including phenoxy) is 1. The molecular weight excluding hydrogens is 225 g/mol. The molecule has 0 unspecified atom stereocenters. The summed E-state index contributed by atoms with van der Waals surface area (Å²) in [5, 5.41) is 2.58. The van der Waals surface area contributed by atoms with Gasteiger partial charge in [0.2, 0.25) is 5.91 Å². The smallest absolute Gasteiger partial charge is 0.315 e. The molecule has 1 aromatic carbocycles. The molecular formula is C12H14FNO3. The first kappa shape index (κ1) is 13.2. The molecule has 17 heavy (non-hydrogen) atoms. The number of methoxy groups -OCH3 is 1. The average Bonchev–Trinajstić information content (AvgIpc) is 2.31. The van der Waals surface area contributed by atoms with E-state index in [1.54, 1.807) is 12.1 Å². The van der Waals surface area contributed by atoms with Crippen LogP contribution in [0.2, 0.25) is 0 Å². The van der Waals surface area contributed by atoms with Crippen molar-refractivity contribution in [3.8, 4) is 0 Å². The Bertz CT molecular complexity index is 389. The maximum atomic E-state index is 12.6. The van der Waals surface area contributed by atoms with Crippen molar-refractivity contribution < 1.29 is 18.7 Å². The minimum atomic E-state index is -0.565. The third-order valence-electron chi connectivity index (χ3n) is 2.18. The molecule has 0 saturated heterocycles. The molecule has 0 spiro atoms. The molecule has 4 nitrogen and oxygen atoms in total. The van der Waals surface area contributed by atoms with Crippen molar-refractivity contribution in [3.63, 3.8) is 0 Å². The zero-order valence-electron chi connectivity index (χ0n) is 9.53. The topological polar surface area (TPSA) is 55.4 Å². The summed E-state index contributed by atoms with van der Waals surface area (Å²) >= 11 is 0. The molecule has 1 amide bonds. The van der Waals surface area contributed by atoms with Gasteiger partial charge in [-0.2, -0.15) is 0 Å². The van der Waals surface area contributed by atoms with Crippen LogP contribution in [0.15, 0.2) is 24.3 Å². The lowest BCUT2D eigenvalue weighted by molar-refractivity contribution is -0.143. The van der Waals surface area contributed by atoms with Crippen LogP contribution in [0.4, 0.5) is 4.39 Å². The molecule has 0 heterocycles. The second kappa shape index (κ2) is 6.62. The fourth-order valence-corrected chi connectivity index (χ4v) is 1.26. The molecule has 0 aliphatic rings. The lowest BCUT2D eigenvalue weighted by Gasteiger charge is -2.04. The highest BCUT2D eigenvalue weighted by Crippen LogP contribution is 2.02. The Hall–Kier alpha value is -1.91. The predicted octanol–water partition coefficient (Wildman–Crippen LogP) is 1.05. The molecule has 0 atom stereocenters. The molecule has 1 rings (SSSR count). The van der Waals surface area contributed by atoms with Gasteiger partial charge in [-0.25, -0.2) is 4.39 Å². The van der Waals surface area contributed by atoms with Crippen molar-refractivity contribution in [1.82, 2.24) is 5.32 Å². The van der Waals surface area contributed by atoms with Gasteiger partial charge in [-0.05, 0) is 24.1 Å². The van der Waals surface area contributed by atoms with Gasteiger partial charge in [0.15, 0.2) is 0 Å². The van der Waals surface area contributed by atoms with E-state index in [2.05, 4.69) is 10.1 Å². The zero-order chi connectivity index (χ0) is 12.7. The van der Waals surface area contributed by atoms with E-state index in [0.29, 0.717) is 13.0 Å². The number of esters is 1. The maximum absolute atomic E-state index is 12.6. The van der Waals surface area contributed by atoms with Crippen molar-refractivity contribution in [2.24, 2.45) is 0 Å². The second-order valence-electron chi connectivity index (χ2n) is 3.48. The molecule has 0 aliphatic heterocycles. The van der Waals surface area contributed by atoms with Crippen LogP contribution >= 0.6 is 0 Å². The molecule has 1 aromatic rings. The van der Waals surface area contributed by atoms with E-state index in [1.165, 1.54) is 19.2 Å². The van der Waals surface area contributed by atoms with Crippen LogP contribution in [-0.2, 0) is 20.7 Å². The van der Waals surface area contributed by atoms with E-state index in [9.17, 15) is 14.0 Å². The Balaban J connectivity index is 2.26. The Kier molecular flexibility index (Phi) is 5.13. The van der Waals surface area contributed by atoms with E-state index in [4.69, 9.17) is 0 Å². The van der Waals surface area contributed by atoms with Gasteiger partial charge < -0.3 is 10.1 Å². The lowest BCUT2D eigenvalue weighted by Crippen LogP contribution is -2.28. The minimum Gasteiger partial charge on any atom is -0.469 e. The third-order valence-corrected chi connectivity index (χ3v) is 2.18. The van der Waals surface area contributed by atoms with Crippen LogP contribution in [0.5, 0.6) is 0 Å². The van der Waals surface area contributed by atoms with E-state index in [-0.39, 0.29) is 18.1 Å². The molecule has 1 N–H and O–H groups in total. The minimum absolute atomic E-state index is 0.278. The van der Waals surface area contributed by atoms with Crippen LogP contribution in [0.1, 0.15) is 12.0 Å². The highest BCUT2D eigenvalue weighted by molar-refractivity contribution is 5.94. The Morgan fingerprint density at radius 3 is 2.53 bits per heavy atom. The molecule has 0 aliphatic carbocycles.